The number of hydrogen-bond donors (Lipinski definition) is 3. The second-order valence-electron chi connectivity index (χ2n) is 5.26. The summed E-state index contributed by atoms with van der Waals surface area (Å²) in [4.78, 5) is 10.9. The van der Waals surface area contributed by atoms with E-state index in [1.807, 2.05) is 7.05 Å². The van der Waals surface area contributed by atoms with E-state index in [-0.39, 0.29) is 16.5 Å². The molecule has 1 aliphatic heterocycles. The molecule has 1 aromatic heterocycles. The smallest absolute Gasteiger partial charge is 0.357 e. The molecule has 9 heteroatoms. The molecule has 0 radical (unpaired) electrons. The van der Waals surface area contributed by atoms with E-state index in [1.54, 1.807) is 0 Å². The molecule has 0 aromatic carbocycles. The fraction of sp³-hybridized carbons (Fsp3) is 0.667. The number of aromatic carboxylic acids is 1. The Hall–Kier alpha value is -1.45. The van der Waals surface area contributed by atoms with Gasteiger partial charge >= 0.3 is 5.97 Å². The lowest BCUT2D eigenvalue weighted by Gasteiger charge is -2.31. The first-order valence-electron chi connectivity index (χ1n) is 6.81. The van der Waals surface area contributed by atoms with Crippen molar-refractivity contribution in [3.05, 3.63) is 11.4 Å². The first-order chi connectivity index (χ1) is 9.87. The molecule has 1 saturated heterocycles. The van der Waals surface area contributed by atoms with Gasteiger partial charge in [-0.1, -0.05) is 0 Å². The van der Waals surface area contributed by atoms with E-state index in [1.165, 1.54) is 11.2 Å². The molecular weight excluding hydrogens is 296 g/mol. The Labute approximate surface area is 123 Å². The lowest BCUT2D eigenvalue weighted by Crippen LogP contribution is -2.42. The molecular formula is C12H20N4O4S. The Kier molecular flexibility index (Phi) is 4.64. The molecule has 1 unspecified atom stereocenters. The number of aromatic nitrogens is 2. The van der Waals surface area contributed by atoms with Crippen LogP contribution < -0.4 is 5.32 Å². The zero-order chi connectivity index (χ0) is 15.6. The highest BCUT2D eigenvalue weighted by molar-refractivity contribution is 7.89. The average Bonchev–Trinajstić information content (AvgIpc) is 2.82. The predicted molar refractivity (Wildman–Crippen MR) is 75.7 cm³/mol. The Balaban J connectivity index is 2.34. The molecule has 8 nitrogen and oxygen atoms in total. The number of hydrogen-bond acceptors (Lipinski definition) is 5. The number of aromatic amines is 1. The Morgan fingerprint density at radius 1 is 1.57 bits per heavy atom. The molecule has 1 aliphatic rings. The van der Waals surface area contributed by atoms with Crippen molar-refractivity contribution < 1.29 is 18.3 Å². The van der Waals surface area contributed by atoms with Gasteiger partial charge in [0.25, 0.3) is 0 Å². The maximum Gasteiger partial charge on any atom is 0.357 e. The van der Waals surface area contributed by atoms with Gasteiger partial charge in [0.15, 0.2) is 5.69 Å². The van der Waals surface area contributed by atoms with Crippen LogP contribution in [0.1, 0.15) is 29.0 Å². The van der Waals surface area contributed by atoms with E-state index in [9.17, 15) is 13.2 Å². The van der Waals surface area contributed by atoms with Crippen LogP contribution in [0.2, 0.25) is 0 Å². The standard InChI is InChI=1S/C12H20N4O4S/c1-8-11(10(12(17)18)15-14-8)21(19,20)16-5-3-4-9(7-16)6-13-2/h9,13H,3-7H2,1-2H3,(H,14,15)(H,17,18). The summed E-state index contributed by atoms with van der Waals surface area (Å²) in [7, 11) is -2.02. The van der Waals surface area contributed by atoms with Crippen molar-refractivity contribution >= 4 is 16.0 Å². The zero-order valence-electron chi connectivity index (χ0n) is 12.1. The Morgan fingerprint density at radius 2 is 2.29 bits per heavy atom. The van der Waals surface area contributed by atoms with Gasteiger partial charge in [-0.05, 0) is 39.3 Å². The largest absolute Gasteiger partial charge is 0.476 e. The van der Waals surface area contributed by atoms with Crippen LogP contribution in [-0.4, -0.2) is 60.7 Å². The van der Waals surface area contributed by atoms with Crippen molar-refractivity contribution in [1.29, 1.82) is 0 Å². The monoisotopic (exact) mass is 316 g/mol. The third-order valence-electron chi connectivity index (χ3n) is 3.67. The second-order valence-corrected chi connectivity index (χ2v) is 7.14. The molecule has 2 rings (SSSR count). The number of rotatable bonds is 5. The number of carboxylic acid groups (broad SMARTS) is 1. The maximum absolute atomic E-state index is 12.7. The molecule has 0 aliphatic carbocycles. The van der Waals surface area contributed by atoms with Crippen LogP contribution >= 0.6 is 0 Å². The average molecular weight is 316 g/mol. The molecule has 0 spiro atoms. The molecule has 0 amide bonds. The minimum Gasteiger partial charge on any atom is -0.476 e. The van der Waals surface area contributed by atoms with Crippen LogP contribution in [0.25, 0.3) is 0 Å². The number of sulfonamides is 1. The van der Waals surface area contributed by atoms with Gasteiger partial charge in [-0.2, -0.15) is 9.40 Å². The van der Waals surface area contributed by atoms with Crippen molar-refractivity contribution in [2.24, 2.45) is 5.92 Å². The molecule has 1 fully saturated rings. The van der Waals surface area contributed by atoms with E-state index in [0.717, 1.165) is 19.4 Å². The topological polar surface area (TPSA) is 115 Å². The van der Waals surface area contributed by atoms with Crippen LogP contribution in [-0.2, 0) is 10.0 Å². The summed E-state index contributed by atoms with van der Waals surface area (Å²) in [6.07, 6.45) is 1.73. The molecule has 0 bridgehead atoms. The van der Waals surface area contributed by atoms with Crippen molar-refractivity contribution in [1.82, 2.24) is 19.8 Å². The number of piperidine rings is 1. The Bertz CT molecular complexity index is 623. The van der Waals surface area contributed by atoms with E-state index in [2.05, 4.69) is 15.5 Å². The fourth-order valence-corrected chi connectivity index (χ4v) is 4.55. The normalized spacial score (nSPS) is 20.6. The minimum absolute atomic E-state index is 0.222. The van der Waals surface area contributed by atoms with Crippen LogP contribution in [0.4, 0.5) is 0 Å². The Morgan fingerprint density at radius 3 is 2.90 bits per heavy atom. The molecule has 1 aromatic rings. The van der Waals surface area contributed by atoms with Crippen LogP contribution in [0.5, 0.6) is 0 Å². The minimum atomic E-state index is -3.85. The number of nitrogens with zero attached hydrogens (tertiary/aromatic N) is 2. The molecule has 2 heterocycles. The van der Waals surface area contributed by atoms with Gasteiger partial charge < -0.3 is 10.4 Å². The van der Waals surface area contributed by atoms with Crippen molar-refractivity contribution in [2.75, 3.05) is 26.7 Å². The van der Waals surface area contributed by atoms with E-state index in [0.29, 0.717) is 13.1 Å². The molecule has 0 saturated carbocycles. The summed E-state index contributed by atoms with van der Waals surface area (Å²) in [6.45, 7) is 3.06. The molecule has 21 heavy (non-hydrogen) atoms. The fourth-order valence-electron chi connectivity index (χ4n) is 2.71. The lowest BCUT2D eigenvalue weighted by molar-refractivity contribution is 0.0686. The molecule has 118 valence electrons. The highest BCUT2D eigenvalue weighted by Gasteiger charge is 2.35. The summed E-state index contributed by atoms with van der Waals surface area (Å²) >= 11 is 0. The SMILES string of the molecule is CNCC1CCCN(S(=O)(=O)c2c(C(=O)O)n[nH]c2C)C1. The summed E-state index contributed by atoms with van der Waals surface area (Å²) in [5.74, 6) is -1.11. The van der Waals surface area contributed by atoms with Gasteiger partial charge in [0.1, 0.15) is 4.90 Å². The van der Waals surface area contributed by atoms with Gasteiger partial charge in [-0.3, -0.25) is 5.10 Å². The number of H-pyrrole nitrogens is 1. The highest BCUT2D eigenvalue weighted by Crippen LogP contribution is 2.26. The number of aryl methyl sites for hydroxylation is 1. The molecule has 1 atom stereocenters. The summed E-state index contributed by atoms with van der Waals surface area (Å²) in [5.41, 5.74) is -0.189. The van der Waals surface area contributed by atoms with Crippen LogP contribution in [0.15, 0.2) is 4.90 Å². The second kappa shape index (κ2) is 6.12. The quantitative estimate of drug-likeness (QED) is 0.706. The summed E-state index contributed by atoms with van der Waals surface area (Å²) < 4.78 is 26.8. The van der Waals surface area contributed by atoms with Crippen molar-refractivity contribution in [3.63, 3.8) is 0 Å². The predicted octanol–water partition coefficient (Wildman–Crippen LogP) is 0.0364. The third kappa shape index (κ3) is 3.09. The number of carbonyl (C=O) groups is 1. The van der Waals surface area contributed by atoms with Crippen LogP contribution in [0.3, 0.4) is 0 Å². The maximum atomic E-state index is 12.7. The van der Waals surface area contributed by atoms with Crippen LogP contribution in [0, 0.1) is 12.8 Å². The summed E-state index contributed by atoms with van der Waals surface area (Å²) in [6, 6.07) is 0. The molecule has 3 N–H and O–H groups in total. The van der Waals surface area contributed by atoms with Gasteiger partial charge in [0, 0.05) is 13.1 Å². The number of carboxylic acids is 1. The van der Waals surface area contributed by atoms with Gasteiger partial charge in [0.05, 0.1) is 5.69 Å². The van der Waals surface area contributed by atoms with Gasteiger partial charge in [-0.25, -0.2) is 13.2 Å². The first-order valence-corrected chi connectivity index (χ1v) is 8.25. The van der Waals surface area contributed by atoms with Crippen molar-refractivity contribution in [3.8, 4) is 0 Å². The van der Waals surface area contributed by atoms with Gasteiger partial charge in [-0.15, -0.1) is 0 Å². The first kappa shape index (κ1) is 15.9. The van der Waals surface area contributed by atoms with Gasteiger partial charge in [0.2, 0.25) is 10.0 Å². The zero-order valence-corrected chi connectivity index (χ0v) is 12.9. The van der Waals surface area contributed by atoms with E-state index in [4.69, 9.17) is 5.11 Å². The number of nitrogens with one attached hydrogen (secondary N) is 2. The van der Waals surface area contributed by atoms with E-state index < -0.39 is 21.7 Å². The van der Waals surface area contributed by atoms with Crippen molar-refractivity contribution in [2.45, 2.75) is 24.7 Å². The lowest BCUT2D eigenvalue weighted by atomic mass is 10.00. The highest BCUT2D eigenvalue weighted by atomic mass is 32.2. The summed E-state index contributed by atoms with van der Waals surface area (Å²) in [5, 5.41) is 18.2. The third-order valence-corrected chi connectivity index (χ3v) is 5.69. The van der Waals surface area contributed by atoms with E-state index >= 15 is 0 Å².